The van der Waals surface area contributed by atoms with Crippen molar-refractivity contribution in [3.8, 4) is 0 Å². The van der Waals surface area contributed by atoms with E-state index in [4.69, 9.17) is 5.11 Å². The van der Waals surface area contributed by atoms with E-state index in [1.54, 1.807) is 18.2 Å². The van der Waals surface area contributed by atoms with E-state index in [0.29, 0.717) is 5.56 Å². The lowest BCUT2D eigenvalue weighted by Gasteiger charge is -2.06. The summed E-state index contributed by atoms with van der Waals surface area (Å²) in [4.78, 5) is 11.2. The zero-order valence-electron chi connectivity index (χ0n) is 9.77. The molecule has 2 aromatic rings. The highest BCUT2D eigenvalue weighted by atomic mass is 32.2. The van der Waals surface area contributed by atoms with Gasteiger partial charge in [-0.25, -0.2) is 13.6 Å². The molecule has 1 N–H and O–H groups in total. The van der Waals surface area contributed by atoms with Gasteiger partial charge in [0.1, 0.15) is 0 Å². The smallest absolute Gasteiger partial charge is 0.335 e. The van der Waals surface area contributed by atoms with Gasteiger partial charge in [0.15, 0.2) is 11.6 Å². The molecule has 19 heavy (non-hydrogen) atoms. The van der Waals surface area contributed by atoms with Crippen molar-refractivity contribution < 1.29 is 18.7 Å². The van der Waals surface area contributed by atoms with E-state index in [1.807, 2.05) is 0 Å². The van der Waals surface area contributed by atoms with Crippen LogP contribution in [0.4, 0.5) is 8.78 Å². The lowest BCUT2D eigenvalue weighted by atomic mass is 10.1. The van der Waals surface area contributed by atoms with Crippen molar-refractivity contribution in [3.05, 3.63) is 65.2 Å². The van der Waals surface area contributed by atoms with E-state index in [-0.39, 0.29) is 16.2 Å². The van der Waals surface area contributed by atoms with Crippen LogP contribution in [-0.2, 0) is 5.75 Å². The second kappa shape index (κ2) is 5.84. The number of hydrogen-bond donors (Lipinski definition) is 1. The molecule has 2 rings (SSSR count). The van der Waals surface area contributed by atoms with E-state index in [2.05, 4.69) is 0 Å². The predicted molar refractivity (Wildman–Crippen MR) is 69.3 cm³/mol. The topological polar surface area (TPSA) is 37.3 Å². The fourth-order valence-corrected chi connectivity index (χ4v) is 2.57. The molecule has 2 aromatic carbocycles. The van der Waals surface area contributed by atoms with Crippen LogP contribution in [0.2, 0.25) is 0 Å². The molecular formula is C14H10F2O2S. The summed E-state index contributed by atoms with van der Waals surface area (Å²) < 4.78 is 26.5. The SMILES string of the molecule is O=C(O)c1ccccc1CSc1cccc(F)c1F. The lowest BCUT2D eigenvalue weighted by molar-refractivity contribution is 0.0696. The molecule has 0 spiro atoms. The molecule has 0 atom stereocenters. The Morgan fingerprint density at radius 2 is 1.84 bits per heavy atom. The van der Waals surface area contributed by atoms with Gasteiger partial charge in [-0.3, -0.25) is 0 Å². The summed E-state index contributed by atoms with van der Waals surface area (Å²) in [5.41, 5.74) is 0.746. The maximum absolute atomic E-state index is 13.5. The molecular weight excluding hydrogens is 270 g/mol. The van der Waals surface area contributed by atoms with Crippen LogP contribution in [0.15, 0.2) is 47.4 Å². The Labute approximate surface area is 113 Å². The molecule has 0 unspecified atom stereocenters. The van der Waals surface area contributed by atoms with Crippen molar-refractivity contribution in [3.63, 3.8) is 0 Å². The van der Waals surface area contributed by atoms with Crippen LogP contribution in [0.5, 0.6) is 0 Å². The lowest BCUT2D eigenvalue weighted by Crippen LogP contribution is -2.01. The molecule has 0 aliphatic carbocycles. The van der Waals surface area contributed by atoms with Gasteiger partial charge < -0.3 is 5.11 Å². The van der Waals surface area contributed by atoms with Gasteiger partial charge in [0.2, 0.25) is 0 Å². The monoisotopic (exact) mass is 280 g/mol. The Hall–Kier alpha value is -1.88. The molecule has 0 aliphatic heterocycles. The van der Waals surface area contributed by atoms with E-state index >= 15 is 0 Å². The van der Waals surface area contributed by atoms with Crippen molar-refractivity contribution in [2.75, 3.05) is 0 Å². The molecule has 0 aromatic heterocycles. The zero-order valence-corrected chi connectivity index (χ0v) is 10.6. The second-order valence-electron chi connectivity index (χ2n) is 3.80. The number of halogens is 2. The average Bonchev–Trinajstić information content (AvgIpc) is 2.40. The first kappa shape index (κ1) is 13.5. The van der Waals surface area contributed by atoms with E-state index in [9.17, 15) is 13.6 Å². The predicted octanol–water partition coefficient (Wildman–Crippen LogP) is 3.96. The van der Waals surface area contributed by atoms with Gasteiger partial charge in [-0.05, 0) is 23.8 Å². The molecule has 0 heterocycles. The minimum Gasteiger partial charge on any atom is -0.478 e. The number of thioether (sulfide) groups is 1. The number of carboxylic acids is 1. The fraction of sp³-hybridized carbons (Fsp3) is 0.0714. The number of benzene rings is 2. The van der Waals surface area contributed by atoms with Crippen molar-refractivity contribution in [1.29, 1.82) is 0 Å². The summed E-state index contributed by atoms with van der Waals surface area (Å²) in [6.45, 7) is 0. The summed E-state index contributed by atoms with van der Waals surface area (Å²) >= 11 is 1.07. The van der Waals surface area contributed by atoms with Gasteiger partial charge in [0, 0.05) is 10.6 Å². The first-order valence-electron chi connectivity index (χ1n) is 5.47. The normalized spacial score (nSPS) is 10.4. The molecule has 5 heteroatoms. The Kier molecular flexibility index (Phi) is 4.16. The number of aromatic carboxylic acids is 1. The van der Waals surface area contributed by atoms with Crippen LogP contribution in [0.3, 0.4) is 0 Å². The van der Waals surface area contributed by atoms with E-state index in [0.717, 1.165) is 17.8 Å². The van der Waals surface area contributed by atoms with Crippen molar-refractivity contribution in [2.45, 2.75) is 10.6 Å². The summed E-state index contributed by atoms with van der Waals surface area (Å²) in [5, 5.41) is 9.02. The van der Waals surface area contributed by atoms with Gasteiger partial charge in [0.25, 0.3) is 0 Å². The molecule has 0 fully saturated rings. The number of hydrogen-bond acceptors (Lipinski definition) is 2. The van der Waals surface area contributed by atoms with Gasteiger partial charge in [0.05, 0.1) is 5.56 Å². The zero-order chi connectivity index (χ0) is 13.8. The van der Waals surface area contributed by atoms with Crippen molar-refractivity contribution >= 4 is 17.7 Å². The van der Waals surface area contributed by atoms with Crippen molar-refractivity contribution in [2.24, 2.45) is 0 Å². The molecule has 0 saturated heterocycles. The quantitative estimate of drug-likeness (QED) is 0.861. The average molecular weight is 280 g/mol. The van der Waals surface area contributed by atoms with Gasteiger partial charge in [-0.15, -0.1) is 11.8 Å². The fourth-order valence-electron chi connectivity index (χ4n) is 1.61. The highest BCUT2D eigenvalue weighted by Crippen LogP contribution is 2.27. The summed E-state index contributed by atoms with van der Waals surface area (Å²) in [6, 6.07) is 10.4. The van der Waals surface area contributed by atoms with Crippen LogP contribution in [0.25, 0.3) is 0 Å². The molecule has 0 saturated carbocycles. The van der Waals surface area contributed by atoms with Crippen LogP contribution in [0.1, 0.15) is 15.9 Å². The maximum atomic E-state index is 13.5. The Bertz CT molecular complexity index is 614. The standard InChI is InChI=1S/C14H10F2O2S/c15-11-6-3-7-12(13(11)16)19-8-9-4-1-2-5-10(9)14(17)18/h1-7H,8H2,(H,17,18). The highest BCUT2D eigenvalue weighted by Gasteiger charge is 2.12. The third-order valence-electron chi connectivity index (χ3n) is 2.55. The Morgan fingerprint density at radius 3 is 2.58 bits per heavy atom. The summed E-state index contributed by atoms with van der Waals surface area (Å²) in [6.07, 6.45) is 0. The molecule has 0 aliphatic rings. The molecule has 2 nitrogen and oxygen atoms in total. The Morgan fingerprint density at radius 1 is 1.11 bits per heavy atom. The first-order valence-corrected chi connectivity index (χ1v) is 6.46. The van der Waals surface area contributed by atoms with Crippen LogP contribution >= 0.6 is 11.8 Å². The summed E-state index contributed by atoms with van der Waals surface area (Å²) in [5.74, 6) is -2.57. The number of rotatable bonds is 4. The number of carboxylic acid groups (broad SMARTS) is 1. The van der Waals surface area contributed by atoms with Crippen LogP contribution in [0, 0.1) is 11.6 Å². The minimum atomic E-state index is -1.03. The molecule has 98 valence electrons. The molecule has 0 bridgehead atoms. The first-order chi connectivity index (χ1) is 9.09. The van der Waals surface area contributed by atoms with E-state index < -0.39 is 17.6 Å². The minimum absolute atomic E-state index is 0.167. The molecule has 0 amide bonds. The summed E-state index contributed by atoms with van der Waals surface area (Å²) in [7, 11) is 0. The maximum Gasteiger partial charge on any atom is 0.335 e. The highest BCUT2D eigenvalue weighted by molar-refractivity contribution is 7.98. The van der Waals surface area contributed by atoms with Gasteiger partial charge in [-0.2, -0.15) is 0 Å². The number of carbonyl (C=O) groups is 1. The van der Waals surface area contributed by atoms with Crippen LogP contribution in [-0.4, -0.2) is 11.1 Å². The van der Waals surface area contributed by atoms with E-state index in [1.165, 1.54) is 18.2 Å². The van der Waals surface area contributed by atoms with Crippen molar-refractivity contribution in [1.82, 2.24) is 0 Å². The van der Waals surface area contributed by atoms with Gasteiger partial charge >= 0.3 is 5.97 Å². The van der Waals surface area contributed by atoms with Crippen LogP contribution < -0.4 is 0 Å². The Balaban J connectivity index is 2.19. The van der Waals surface area contributed by atoms with Gasteiger partial charge in [-0.1, -0.05) is 24.3 Å². The third kappa shape index (κ3) is 3.12. The third-order valence-corrected chi connectivity index (χ3v) is 3.63. The second-order valence-corrected chi connectivity index (χ2v) is 4.82. The largest absolute Gasteiger partial charge is 0.478 e. The molecule has 0 radical (unpaired) electrons.